The molecular weight excluding hydrogens is 632 g/mol. The number of halogens is 1. The van der Waals surface area contributed by atoms with E-state index in [1.165, 1.54) is 53.4 Å². The van der Waals surface area contributed by atoms with Crippen LogP contribution in [0.4, 0.5) is 15.1 Å². The maximum atomic E-state index is 13.5. The van der Waals surface area contributed by atoms with Gasteiger partial charge in [-0.15, -0.1) is 23.1 Å². The normalized spacial score (nSPS) is 11.6. The number of carbonyl (C=O) groups is 3. The molecule has 10 heteroatoms. The van der Waals surface area contributed by atoms with Crippen LogP contribution in [0.15, 0.2) is 125 Å². The highest BCUT2D eigenvalue weighted by atomic mass is 32.2. The summed E-state index contributed by atoms with van der Waals surface area (Å²) in [7, 11) is 0. The van der Waals surface area contributed by atoms with Crippen molar-refractivity contribution in [2.75, 3.05) is 10.6 Å². The highest BCUT2D eigenvalue weighted by Crippen LogP contribution is 2.36. The predicted octanol–water partition coefficient (Wildman–Crippen LogP) is 8.34. The van der Waals surface area contributed by atoms with E-state index in [1.807, 2.05) is 48.7 Å². The molecule has 1 aromatic heterocycles. The third-order valence-electron chi connectivity index (χ3n) is 6.97. The zero-order valence-electron chi connectivity index (χ0n) is 25.2. The number of nitrogens with one attached hydrogen (secondary N) is 3. The summed E-state index contributed by atoms with van der Waals surface area (Å²) in [6, 6.07) is 32.8. The molecule has 1 unspecified atom stereocenters. The number of hydrogen-bond donors (Lipinski definition) is 3. The van der Waals surface area contributed by atoms with Gasteiger partial charge in [0.15, 0.2) is 0 Å². The van der Waals surface area contributed by atoms with Crippen LogP contribution in [0.2, 0.25) is 0 Å². The molecule has 234 valence electrons. The molecule has 1 atom stereocenters. The van der Waals surface area contributed by atoms with E-state index in [-0.39, 0.29) is 11.6 Å². The largest absolute Gasteiger partial charge is 0.321 e. The van der Waals surface area contributed by atoms with Crippen molar-refractivity contribution < 1.29 is 18.8 Å². The van der Waals surface area contributed by atoms with Crippen LogP contribution in [-0.4, -0.2) is 23.0 Å². The SMILES string of the molecule is CCC(Sc1cccc(NC(=O)/C(=C\c2ccc(F)cc2)NC(=O)c2ccccc2)c1)C(=O)Nc1scc(-c2ccccc2)c1C#N. The van der Waals surface area contributed by atoms with Gasteiger partial charge in [0.2, 0.25) is 5.91 Å². The molecule has 0 fully saturated rings. The Balaban J connectivity index is 1.30. The standard InChI is InChI=1S/C37H29FN4O3S2/c1-2-33(36(45)42-37-30(22-39)31(23-46-37)25-10-5-3-6-11-25)47-29-15-9-14-28(21-29)40-35(44)32(20-24-16-18-27(38)19-17-24)41-34(43)26-12-7-4-8-13-26/h3-21,23,33H,2H2,1H3,(H,40,44)(H,41,43)(H,42,45)/b32-20+. The molecule has 5 aromatic rings. The minimum atomic E-state index is -0.582. The van der Waals surface area contributed by atoms with Gasteiger partial charge < -0.3 is 16.0 Å². The van der Waals surface area contributed by atoms with Gasteiger partial charge in [-0.1, -0.05) is 73.7 Å². The molecule has 1 heterocycles. The van der Waals surface area contributed by atoms with Crippen molar-refractivity contribution in [3.8, 4) is 17.2 Å². The maximum absolute atomic E-state index is 13.5. The molecule has 47 heavy (non-hydrogen) atoms. The molecule has 7 nitrogen and oxygen atoms in total. The predicted molar refractivity (Wildman–Crippen MR) is 186 cm³/mol. The number of amides is 3. The average Bonchev–Trinajstić information content (AvgIpc) is 3.51. The molecule has 3 N–H and O–H groups in total. The minimum Gasteiger partial charge on any atom is -0.321 e. The number of thiophene rings is 1. The van der Waals surface area contributed by atoms with Gasteiger partial charge in [0, 0.05) is 27.1 Å². The molecule has 0 saturated carbocycles. The Bertz CT molecular complexity index is 1950. The summed E-state index contributed by atoms with van der Waals surface area (Å²) in [5.74, 6) is -1.72. The summed E-state index contributed by atoms with van der Waals surface area (Å²) >= 11 is 2.64. The van der Waals surface area contributed by atoms with Crippen LogP contribution in [0.3, 0.4) is 0 Å². The van der Waals surface area contributed by atoms with Gasteiger partial charge in [-0.3, -0.25) is 14.4 Å². The Morgan fingerprint density at radius 2 is 1.62 bits per heavy atom. The highest BCUT2D eigenvalue weighted by molar-refractivity contribution is 8.00. The molecule has 0 aliphatic carbocycles. The summed E-state index contributed by atoms with van der Waals surface area (Å²) in [4.78, 5) is 40.5. The number of nitriles is 1. The lowest BCUT2D eigenvalue weighted by atomic mass is 10.1. The van der Waals surface area contributed by atoms with Crippen molar-refractivity contribution in [1.29, 1.82) is 5.26 Å². The third-order valence-corrected chi connectivity index (χ3v) is 9.22. The topological polar surface area (TPSA) is 111 Å². The molecule has 0 radical (unpaired) electrons. The molecule has 0 bridgehead atoms. The van der Waals surface area contributed by atoms with Gasteiger partial charge in [-0.05, 0) is 66.1 Å². The van der Waals surface area contributed by atoms with Gasteiger partial charge >= 0.3 is 0 Å². The van der Waals surface area contributed by atoms with Crippen LogP contribution in [-0.2, 0) is 9.59 Å². The fraction of sp³-hybridized carbons (Fsp3) is 0.0811. The summed E-state index contributed by atoms with van der Waals surface area (Å²) in [6.45, 7) is 1.90. The zero-order valence-corrected chi connectivity index (χ0v) is 26.8. The van der Waals surface area contributed by atoms with Crippen LogP contribution < -0.4 is 16.0 Å². The van der Waals surface area contributed by atoms with E-state index in [0.29, 0.717) is 33.8 Å². The van der Waals surface area contributed by atoms with Crippen LogP contribution in [0, 0.1) is 17.1 Å². The number of carbonyl (C=O) groups excluding carboxylic acids is 3. The molecular formula is C37H29FN4O3S2. The molecule has 5 rings (SSSR count). The second-order valence-corrected chi connectivity index (χ2v) is 12.4. The van der Waals surface area contributed by atoms with Crippen LogP contribution in [0.5, 0.6) is 0 Å². The Kier molecular flexibility index (Phi) is 11.0. The monoisotopic (exact) mass is 660 g/mol. The zero-order chi connectivity index (χ0) is 33.2. The summed E-state index contributed by atoms with van der Waals surface area (Å²) in [6.07, 6.45) is 1.98. The summed E-state index contributed by atoms with van der Waals surface area (Å²) in [5.41, 5.74) is 3.39. The smallest absolute Gasteiger partial charge is 0.272 e. The number of rotatable bonds is 11. The lowest BCUT2D eigenvalue weighted by molar-refractivity contribution is -0.116. The van der Waals surface area contributed by atoms with Gasteiger partial charge in [0.25, 0.3) is 11.8 Å². The van der Waals surface area contributed by atoms with Crippen molar-refractivity contribution in [2.24, 2.45) is 0 Å². The van der Waals surface area contributed by atoms with E-state index in [4.69, 9.17) is 0 Å². The van der Waals surface area contributed by atoms with Crippen molar-refractivity contribution >= 4 is 57.6 Å². The number of thioether (sulfide) groups is 1. The van der Waals surface area contributed by atoms with Crippen LogP contribution in [0.1, 0.15) is 34.8 Å². The van der Waals surface area contributed by atoms with Crippen LogP contribution in [0.25, 0.3) is 17.2 Å². The third kappa shape index (κ3) is 8.61. The lowest BCUT2D eigenvalue weighted by Gasteiger charge is -2.16. The first-order valence-corrected chi connectivity index (χ1v) is 16.4. The van der Waals surface area contributed by atoms with Crippen molar-refractivity contribution in [2.45, 2.75) is 23.5 Å². The quantitative estimate of drug-likeness (QED) is 0.0974. The number of nitrogens with zero attached hydrogens (tertiary/aromatic N) is 1. The van der Waals surface area contributed by atoms with Crippen molar-refractivity contribution in [1.82, 2.24) is 5.32 Å². The number of hydrogen-bond acceptors (Lipinski definition) is 6. The molecule has 3 amide bonds. The fourth-order valence-electron chi connectivity index (χ4n) is 4.58. The van der Waals surface area contributed by atoms with Crippen molar-refractivity contribution in [3.63, 3.8) is 0 Å². The second kappa shape index (κ2) is 15.7. The molecule has 0 spiro atoms. The van der Waals surface area contributed by atoms with Gasteiger partial charge in [-0.2, -0.15) is 5.26 Å². The van der Waals surface area contributed by atoms with E-state index >= 15 is 0 Å². The Morgan fingerprint density at radius 3 is 2.30 bits per heavy atom. The molecule has 0 aliphatic heterocycles. The van der Waals surface area contributed by atoms with Gasteiger partial charge in [0.1, 0.15) is 22.6 Å². The fourth-order valence-corrected chi connectivity index (χ4v) is 6.52. The van der Waals surface area contributed by atoms with Gasteiger partial charge in [0.05, 0.1) is 10.8 Å². The van der Waals surface area contributed by atoms with Crippen LogP contribution >= 0.6 is 23.1 Å². The van der Waals surface area contributed by atoms with E-state index in [1.54, 1.807) is 48.5 Å². The Labute approximate surface area is 280 Å². The van der Waals surface area contributed by atoms with E-state index in [9.17, 15) is 24.0 Å². The first-order valence-electron chi connectivity index (χ1n) is 14.6. The lowest BCUT2D eigenvalue weighted by Crippen LogP contribution is -2.30. The van der Waals surface area contributed by atoms with Crippen molar-refractivity contribution in [3.05, 3.63) is 143 Å². The second-order valence-electron chi connectivity index (χ2n) is 10.2. The summed E-state index contributed by atoms with van der Waals surface area (Å²) in [5, 5.41) is 20.2. The Morgan fingerprint density at radius 1 is 0.915 bits per heavy atom. The van der Waals surface area contributed by atoms with Gasteiger partial charge in [-0.25, -0.2) is 4.39 Å². The van der Waals surface area contributed by atoms with E-state index in [0.717, 1.165) is 16.0 Å². The maximum Gasteiger partial charge on any atom is 0.272 e. The Hall–Kier alpha value is -5.50. The molecule has 0 aliphatic rings. The van der Waals surface area contributed by atoms with E-state index in [2.05, 4.69) is 22.0 Å². The average molecular weight is 661 g/mol. The molecule has 4 aromatic carbocycles. The first kappa shape index (κ1) is 32.9. The summed E-state index contributed by atoms with van der Waals surface area (Å²) < 4.78 is 13.5. The number of benzene rings is 4. The minimum absolute atomic E-state index is 0.0338. The van der Waals surface area contributed by atoms with E-state index < -0.39 is 22.9 Å². The first-order chi connectivity index (χ1) is 22.8. The highest BCUT2D eigenvalue weighted by Gasteiger charge is 2.22. The molecule has 0 saturated heterocycles. The number of anilines is 2.